The maximum Gasteiger partial charge on any atom is 0.0626 e. The van der Waals surface area contributed by atoms with Crippen molar-refractivity contribution in [3.05, 3.63) is 17.5 Å². The first-order valence-corrected chi connectivity index (χ1v) is 6.62. The van der Waals surface area contributed by atoms with Crippen molar-refractivity contribution in [1.82, 2.24) is 15.1 Å². The molecule has 18 heavy (non-hydrogen) atoms. The molecular weight excluding hydrogens is 226 g/mol. The summed E-state index contributed by atoms with van der Waals surface area (Å²) in [5.74, 6) is 0.280. The Hall–Kier alpha value is -0.870. The summed E-state index contributed by atoms with van der Waals surface area (Å²) in [6, 6.07) is 0. The van der Waals surface area contributed by atoms with E-state index in [1.54, 1.807) is 0 Å². The first kappa shape index (κ1) is 15.2. The van der Waals surface area contributed by atoms with Crippen LogP contribution in [0.2, 0.25) is 0 Å². The van der Waals surface area contributed by atoms with Gasteiger partial charge in [0.2, 0.25) is 0 Å². The number of nitrogens with one attached hydrogen (secondary N) is 1. The summed E-state index contributed by atoms with van der Waals surface area (Å²) in [6.07, 6.45) is 1.61. The number of hydrogen-bond donors (Lipinski definition) is 2. The van der Waals surface area contributed by atoms with Crippen LogP contribution in [0, 0.1) is 18.3 Å². The molecule has 0 saturated carbocycles. The van der Waals surface area contributed by atoms with Crippen LogP contribution in [-0.2, 0) is 13.6 Å². The second kappa shape index (κ2) is 5.85. The predicted molar refractivity (Wildman–Crippen MR) is 74.3 cm³/mol. The van der Waals surface area contributed by atoms with E-state index in [2.05, 4.69) is 45.0 Å². The molecule has 1 rings (SSSR count). The average Bonchev–Trinajstić information content (AvgIpc) is 2.59. The standard InChI is InChI=1S/C14H27N3O/c1-10(2)13(18)14(4,5)9-15-7-12-8-16-17(6)11(12)3/h8,10,13,15,18H,7,9H2,1-6H3. The summed E-state index contributed by atoms with van der Waals surface area (Å²) in [5, 5.41) is 17.8. The first-order chi connectivity index (χ1) is 8.25. The predicted octanol–water partition coefficient (Wildman–Crippen LogP) is 1.86. The number of nitrogens with zero attached hydrogens (tertiary/aromatic N) is 2. The molecule has 1 aromatic rings. The van der Waals surface area contributed by atoms with E-state index in [0.717, 1.165) is 13.1 Å². The molecule has 0 fully saturated rings. The highest BCUT2D eigenvalue weighted by molar-refractivity contribution is 5.15. The van der Waals surface area contributed by atoms with Gasteiger partial charge in [-0.05, 0) is 12.8 Å². The molecule has 1 unspecified atom stereocenters. The fourth-order valence-electron chi connectivity index (χ4n) is 2.24. The topological polar surface area (TPSA) is 50.1 Å². The van der Waals surface area contributed by atoms with Gasteiger partial charge >= 0.3 is 0 Å². The maximum atomic E-state index is 10.2. The van der Waals surface area contributed by atoms with Crippen molar-refractivity contribution in [2.75, 3.05) is 6.54 Å². The van der Waals surface area contributed by atoms with E-state index >= 15 is 0 Å². The zero-order valence-corrected chi connectivity index (χ0v) is 12.5. The van der Waals surface area contributed by atoms with Crippen molar-refractivity contribution >= 4 is 0 Å². The van der Waals surface area contributed by atoms with Gasteiger partial charge in [0.15, 0.2) is 0 Å². The number of hydrogen-bond acceptors (Lipinski definition) is 3. The number of aromatic nitrogens is 2. The summed E-state index contributed by atoms with van der Waals surface area (Å²) in [4.78, 5) is 0. The lowest BCUT2D eigenvalue weighted by atomic mass is 9.80. The van der Waals surface area contributed by atoms with Crippen molar-refractivity contribution < 1.29 is 5.11 Å². The van der Waals surface area contributed by atoms with Gasteiger partial charge in [0.1, 0.15) is 0 Å². The minimum atomic E-state index is -0.292. The van der Waals surface area contributed by atoms with Gasteiger partial charge in [-0.25, -0.2) is 0 Å². The summed E-state index contributed by atoms with van der Waals surface area (Å²) in [6.45, 7) is 12.0. The maximum absolute atomic E-state index is 10.2. The lowest BCUT2D eigenvalue weighted by Gasteiger charge is -2.33. The van der Waals surface area contributed by atoms with Crippen molar-refractivity contribution in [3.63, 3.8) is 0 Å². The van der Waals surface area contributed by atoms with Crippen LogP contribution in [0.25, 0.3) is 0 Å². The first-order valence-electron chi connectivity index (χ1n) is 6.62. The van der Waals surface area contributed by atoms with E-state index in [-0.39, 0.29) is 17.4 Å². The van der Waals surface area contributed by atoms with Gasteiger partial charge in [-0.15, -0.1) is 0 Å². The molecule has 0 amide bonds. The average molecular weight is 253 g/mol. The van der Waals surface area contributed by atoms with Crippen LogP contribution >= 0.6 is 0 Å². The van der Waals surface area contributed by atoms with Crippen LogP contribution in [0.5, 0.6) is 0 Å². The molecule has 104 valence electrons. The van der Waals surface area contributed by atoms with E-state index in [0.29, 0.717) is 0 Å². The Balaban J connectivity index is 2.49. The van der Waals surface area contributed by atoms with Crippen LogP contribution in [0.4, 0.5) is 0 Å². The molecule has 1 aromatic heterocycles. The Morgan fingerprint density at radius 2 is 2.06 bits per heavy atom. The van der Waals surface area contributed by atoms with E-state index < -0.39 is 0 Å². The van der Waals surface area contributed by atoms with Gasteiger partial charge in [-0.2, -0.15) is 5.10 Å². The molecule has 0 radical (unpaired) electrons. The molecular formula is C14H27N3O. The van der Waals surface area contributed by atoms with Crippen molar-refractivity contribution in [2.45, 2.75) is 47.3 Å². The highest BCUT2D eigenvalue weighted by atomic mass is 16.3. The molecule has 2 N–H and O–H groups in total. The van der Waals surface area contributed by atoms with Crippen LogP contribution in [0.15, 0.2) is 6.20 Å². The number of aryl methyl sites for hydroxylation is 1. The number of rotatable bonds is 6. The molecule has 0 saturated heterocycles. The van der Waals surface area contributed by atoms with Crippen molar-refractivity contribution in [1.29, 1.82) is 0 Å². The molecule has 4 nitrogen and oxygen atoms in total. The summed E-state index contributed by atoms with van der Waals surface area (Å²) >= 11 is 0. The molecule has 4 heteroatoms. The summed E-state index contributed by atoms with van der Waals surface area (Å²) in [7, 11) is 1.95. The van der Waals surface area contributed by atoms with Gasteiger partial charge in [-0.1, -0.05) is 27.7 Å². The van der Waals surface area contributed by atoms with Crippen molar-refractivity contribution in [3.8, 4) is 0 Å². The van der Waals surface area contributed by atoms with E-state index in [9.17, 15) is 5.11 Å². The molecule has 0 aliphatic carbocycles. The Morgan fingerprint density at radius 3 is 2.50 bits per heavy atom. The van der Waals surface area contributed by atoms with Crippen molar-refractivity contribution in [2.24, 2.45) is 18.4 Å². The second-order valence-electron chi connectivity index (χ2n) is 6.16. The van der Waals surface area contributed by atoms with Gasteiger partial charge in [-0.3, -0.25) is 4.68 Å². The minimum Gasteiger partial charge on any atom is -0.392 e. The monoisotopic (exact) mass is 253 g/mol. The Morgan fingerprint density at radius 1 is 1.44 bits per heavy atom. The van der Waals surface area contributed by atoms with E-state index in [1.165, 1.54) is 11.3 Å². The molecule has 0 spiro atoms. The quantitative estimate of drug-likeness (QED) is 0.813. The van der Waals surface area contributed by atoms with Crippen LogP contribution in [0.1, 0.15) is 39.0 Å². The zero-order valence-electron chi connectivity index (χ0n) is 12.5. The second-order valence-corrected chi connectivity index (χ2v) is 6.16. The molecule has 0 bridgehead atoms. The Labute approximate surface area is 110 Å². The van der Waals surface area contributed by atoms with Gasteiger partial charge < -0.3 is 10.4 Å². The molecule has 0 aromatic carbocycles. The number of aliphatic hydroxyl groups is 1. The third kappa shape index (κ3) is 3.56. The lowest BCUT2D eigenvalue weighted by molar-refractivity contribution is 0.0134. The minimum absolute atomic E-state index is 0.121. The van der Waals surface area contributed by atoms with Gasteiger partial charge in [0.25, 0.3) is 0 Å². The molecule has 1 atom stereocenters. The summed E-state index contributed by atoms with van der Waals surface area (Å²) < 4.78 is 1.88. The fourth-order valence-corrected chi connectivity index (χ4v) is 2.24. The fraction of sp³-hybridized carbons (Fsp3) is 0.786. The number of aliphatic hydroxyl groups excluding tert-OH is 1. The SMILES string of the molecule is Cc1c(CNCC(C)(C)C(O)C(C)C)cnn1C. The highest BCUT2D eigenvalue weighted by Crippen LogP contribution is 2.25. The Bertz CT molecular complexity index is 382. The highest BCUT2D eigenvalue weighted by Gasteiger charge is 2.29. The van der Waals surface area contributed by atoms with E-state index in [1.807, 2.05) is 17.9 Å². The molecule has 0 aliphatic rings. The van der Waals surface area contributed by atoms with Gasteiger partial charge in [0, 0.05) is 36.8 Å². The zero-order chi connectivity index (χ0) is 13.9. The third-order valence-corrected chi connectivity index (χ3v) is 3.67. The van der Waals surface area contributed by atoms with E-state index in [4.69, 9.17) is 0 Å². The normalized spacial score (nSPS) is 14.2. The lowest BCUT2D eigenvalue weighted by Crippen LogP contribution is -2.41. The molecule has 0 aliphatic heterocycles. The Kier molecular flexibility index (Phi) is 4.93. The molecule has 1 heterocycles. The third-order valence-electron chi connectivity index (χ3n) is 3.67. The summed E-state index contributed by atoms with van der Waals surface area (Å²) in [5.41, 5.74) is 2.28. The van der Waals surface area contributed by atoms with Crippen LogP contribution < -0.4 is 5.32 Å². The smallest absolute Gasteiger partial charge is 0.0626 e. The van der Waals surface area contributed by atoms with Crippen LogP contribution in [-0.4, -0.2) is 27.5 Å². The largest absolute Gasteiger partial charge is 0.392 e. The van der Waals surface area contributed by atoms with Crippen LogP contribution in [0.3, 0.4) is 0 Å². The van der Waals surface area contributed by atoms with Gasteiger partial charge in [0.05, 0.1) is 12.3 Å².